The van der Waals surface area contributed by atoms with E-state index < -0.39 is 0 Å². The van der Waals surface area contributed by atoms with Gasteiger partial charge in [0.2, 0.25) is 0 Å². The third-order valence-electron chi connectivity index (χ3n) is 5.16. The molecule has 1 unspecified atom stereocenters. The van der Waals surface area contributed by atoms with E-state index in [2.05, 4.69) is 54.6 Å². The SMILES string of the molecule is COc1ccc(C(c2cccc(C)c2O)c2cccc3ccccc23)cc1. The Morgan fingerprint density at radius 1 is 0.741 bits per heavy atom. The summed E-state index contributed by atoms with van der Waals surface area (Å²) in [5, 5.41) is 13.2. The molecule has 0 bridgehead atoms. The third-order valence-corrected chi connectivity index (χ3v) is 5.16. The van der Waals surface area contributed by atoms with Crippen molar-refractivity contribution in [2.45, 2.75) is 12.8 Å². The Bertz CT molecular complexity index is 1080. The van der Waals surface area contributed by atoms with E-state index in [4.69, 9.17) is 4.74 Å². The largest absolute Gasteiger partial charge is 0.507 e. The van der Waals surface area contributed by atoms with Gasteiger partial charge in [-0.25, -0.2) is 0 Å². The van der Waals surface area contributed by atoms with E-state index in [0.29, 0.717) is 5.75 Å². The summed E-state index contributed by atoms with van der Waals surface area (Å²) in [6, 6.07) is 28.8. The molecule has 0 fully saturated rings. The number of hydrogen-bond donors (Lipinski definition) is 1. The van der Waals surface area contributed by atoms with Crippen LogP contribution in [0.1, 0.15) is 28.2 Å². The monoisotopic (exact) mass is 354 g/mol. The predicted molar refractivity (Wildman–Crippen MR) is 111 cm³/mol. The predicted octanol–water partition coefficient (Wildman–Crippen LogP) is 6.04. The van der Waals surface area contributed by atoms with Gasteiger partial charge in [0.05, 0.1) is 7.11 Å². The second-order valence-electron chi connectivity index (χ2n) is 6.79. The molecule has 4 rings (SSSR count). The summed E-state index contributed by atoms with van der Waals surface area (Å²) in [6.45, 7) is 1.94. The Balaban J connectivity index is 1.99. The van der Waals surface area contributed by atoms with Gasteiger partial charge in [0.1, 0.15) is 11.5 Å². The van der Waals surface area contributed by atoms with Crippen LogP contribution >= 0.6 is 0 Å². The fourth-order valence-corrected chi connectivity index (χ4v) is 3.74. The zero-order valence-corrected chi connectivity index (χ0v) is 15.5. The number of phenols is 1. The minimum absolute atomic E-state index is 0.0677. The number of hydrogen-bond acceptors (Lipinski definition) is 2. The second-order valence-corrected chi connectivity index (χ2v) is 6.79. The maximum atomic E-state index is 10.8. The van der Waals surface area contributed by atoms with Crippen LogP contribution < -0.4 is 4.74 Å². The molecule has 1 N–H and O–H groups in total. The molecule has 1 atom stereocenters. The smallest absolute Gasteiger partial charge is 0.122 e. The molecule has 2 heteroatoms. The van der Waals surface area contributed by atoms with E-state index >= 15 is 0 Å². The van der Waals surface area contributed by atoms with Crippen molar-refractivity contribution in [1.29, 1.82) is 0 Å². The lowest BCUT2D eigenvalue weighted by atomic mass is 9.82. The number of ether oxygens (including phenoxy) is 1. The molecule has 0 saturated heterocycles. The molecule has 4 aromatic rings. The molecule has 0 aliphatic carbocycles. The normalized spacial score (nSPS) is 12.1. The minimum Gasteiger partial charge on any atom is -0.507 e. The number of phenolic OH excluding ortho intramolecular Hbond substituents is 1. The fourth-order valence-electron chi connectivity index (χ4n) is 3.74. The van der Waals surface area contributed by atoms with Crippen molar-refractivity contribution in [1.82, 2.24) is 0 Å². The lowest BCUT2D eigenvalue weighted by molar-refractivity contribution is 0.414. The number of aromatic hydroxyl groups is 1. The van der Waals surface area contributed by atoms with Crippen LogP contribution in [-0.4, -0.2) is 12.2 Å². The molecule has 2 nitrogen and oxygen atoms in total. The van der Waals surface area contributed by atoms with Crippen molar-refractivity contribution in [2.75, 3.05) is 7.11 Å². The first-order valence-electron chi connectivity index (χ1n) is 9.09. The van der Waals surface area contributed by atoms with Gasteiger partial charge in [0, 0.05) is 11.5 Å². The summed E-state index contributed by atoms with van der Waals surface area (Å²) in [5.74, 6) is 1.11. The summed E-state index contributed by atoms with van der Waals surface area (Å²) >= 11 is 0. The van der Waals surface area contributed by atoms with Crippen molar-refractivity contribution >= 4 is 10.8 Å². The molecule has 4 aromatic carbocycles. The van der Waals surface area contributed by atoms with Crippen LogP contribution in [0.15, 0.2) is 84.9 Å². The first-order chi connectivity index (χ1) is 13.2. The fraction of sp³-hybridized carbons (Fsp3) is 0.120. The Labute approximate surface area is 159 Å². The van der Waals surface area contributed by atoms with Crippen molar-refractivity contribution in [3.63, 3.8) is 0 Å². The molecule has 0 radical (unpaired) electrons. The van der Waals surface area contributed by atoms with Gasteiger partial charge in [-0.15, -0.1) is 0 Å². The number of rotatable bonds is 4. The maximum Gasteiger partial charge on any atom is 0.122 e. The molecule has 0 aliphatic rings. The van der Waals surface area contributed by atoms with E-state index in [0.717, 1.165) is 22.4 Å². The summed E-state index contributed by atoms with van der Waals surface area (Å²) in [7, 11) is 1.67. The molecule has 27 heavy (non-hydrogen) atoms. The molecule has 0 aromatic heterocycles. The highest BCUT2D eigenvalue weighted by Gasteiger charge is 2.22. The van der Waals surface area contributed by atoms with Gasteiger partial charge >= 0.3 is 0 Å². The Morgan fingerprint density at radius 3 is 2.19 bits per heavy atom. The van der Waals surface area contributed by atoms with E-state index in [-0.39, 0.29) is 5.92 Å². The van der Waals surface area contributed by atoms with E-state index in [1.165, 1.54) is 16.3 Å². The molecular weight excluding hydrogens is 332 g/mol. The minimum atomic E-state index is -0.0677. The lowest BCUT2D eigenvalue weighted by Crippen LogP contribution is -2.05. The molecule has 0 heterocycles. The lowest BCUT2D eigenvalue weighted by Gasteiger charge is -2.22. The second kappa shape index (κ2) is 7.16. The quantitative estimate of drug-likeness (QED) is 0.453. The third kappa shape index (κ3) is 3.15. The number of fused-ring (bicyclic) bond motifs is 1. The molecule has 0 aliphatic heterocycles. The van der Waals surface area contributed by atoms with Gasteiger partial charge < -0.3 is 9.84 Å². The van der Waals surface area contributed by atoms with Crippen molar-refractivity contribution in [2.24, 2.45) is 0 Å². The van der Waals surface area contributed by atoms with Gasteiger partial charge in [-0.3, -0.25) is 0 Å². The first kappa shape index (κ1) is 17.2. The van der Waals surface area contributed by atoms with Crippen LogP contribution in [0.4, 0.5) is 0 Å². The summed E-state index contributed by atoms with van der Waals surface area (Å²) < 4.78 is 5.32. The highest BCUT2D eigenvalue weighted by atomic mass is 16.5. The van der Waals surface area contributed by atoms with Crippen molar-refractivity contribution in [3.8, 4) is 11.5 Å². The standard InChI is InChI=1S/C25H22O2/c1-17-7-5-12-23(25(17)26)24(19-13-15-20(27-2)16-14-19)22-11-6-9-18-8-3-4-10-21(18)22/h3-16,24,26H,1-2H3. The van der Waals surface area contributed by atoms with Gasteiger partial charge in [-0.2, -0.15) is 0 Å². The zero-order valence-electron chi connectivity index (χ0n) is 15.5. The average molecular weight is 354 g/mol. The van der Waals surface area contributed by atoms with Crippen molar-refractivity contribution in [3.05, 3.63) is 107 Å². The van der Waals surface area contributed by atoms with E-state index in [1.807, 2.05) is 37.3 Å². The molecule has 0 saturated carbocycles. The average Bonchev–Trinajstić information content (AvgIpc) is 2.72. The van der Waals surface area contributed by atoms with Crippen LogP contribution in [0.2, 0.25) is 0 Å². The first-order valence-corrected chi connectivity index (χ1v) is 9.09. The topological polar surface area (TPSA) is 29.5 Å². The number of benzene rings is 4. The summed E-state index contributed by atoms with van der Waals surface area (Å²) in [4.78, 5) is 0. The Hall–Kier alpha value is -3.26. The highest BCUT2D eigenvalue weighted by Crippen LogP contribution is 2.41. The highest BCUT2D eigenvalue weighted by molar-refractivity contribution is 5.87. The van der Waals surface area contributed by atoms with Crippen LogP contribution in [-0.2, 0) is 0 Å². The van der Waals surface area contributed by atoms with Gasteiger partial charge in [0.25, 0.3) is 0 Å². The number of aryl methyl sites for hydroxylation is 1. The van der Waals surface area contributed by atoms with Gasteiger partial charge in [-0.05, 0) is 46.5 Å². The van der Waals surface area contributed by atoms with Crippen LogP contribution in [0, 0.1) is 6.92 Å². The molecule has 134 valence electrons. The van der Waals surface area contributed by atoms with Crippen LogP contribution in [0.25, 0.3) is 10.8 Å². The summed E-state index contributed by atoms with van der Waals surface area (Å²) in [5.41, 5.74) is 4.09. The van der Waals surface area contributed by atoms with E-state index in [9.17, 15) is 5.11 Å². The van der Waals surface area contributed by atoms with Crippen LogP contribution in [0.5, 0.6) is 11.5 Å². The maximum absolute atomic E-state index is 10.8. The van der Waals surface area contributed by atoms with Crippen molar-refractivity contribution < 1.29 is 9.84 Å². The summed E-state index contributed by atoms with van der Waals surface area (Å²) in [6.07, 6.45) is 0. The number of para-hydroxylation sites is 1. The Morgan fingerprint density at radius 2 is 1.41 bits per heavy atom. The van der Waals surface area contributed by atoms with Gasteiger partial charge in [0.15, 0.2) is 0 Å². The van der Waals surface area contributed by atoms with Gasteiger partial charge in [-0.1, -0.05) is 72.8 Å². The Kier molecular flexibility index (Phi) is 4.55. The molecule has 0 spiro atoms. The van der Waals surface area contributed by atoms with E-state index in [1.54, 1.807) is 7.11 Å². The molecular formula is C25H22O2. The molecule has 0 amide bonds. The zero-order chi connectivity index (χ0) is 18.8. The van der Waals surface area contributed by atoms with Crippen LogP contribution in [0.3, 0.4) is 0 Å². The number of methoxy groups -OCH3 is 1.